The summed E-state index contributed by atoms with van der Waals surface area (Å²) in [5, 5.41) is 4.37. The molecular weight excluding hydrogens is 212 g/mol. The van der Waals surface area contributed by atoms with Crippen LogP contribution in [-0.4, -0.2) is 34.8 Å². The van der Waals surface area contributed by atoms with Crippen molar-refractivity contribution in [1.82, 2.24) is 14.7 Å². The van der Waals surface area contributed by atoms with Gasteiger partial charge < -0.3 is 5.73 Å². The molecule has 4 nitrogen and oxygen atoms in total. The maximum Gasteiger partial charge on any atom is 0.0538 e. The lowest BCUT2D eigenvalue weighted by atomic mass is 10.1. The van der Waals surface area contributed by atoms with E-state index in [0.717, 1.165) is 19.5 Å². The van der Waals surface area contributed by atoms with Crippen LogP contribution in [0.4, 0.5) is 0 Å². The van der Waals surface area contributed by atoms with E-state index in [1.54, 1.807) is 0 Å². The van der Waals surface area contributed by atoms with E-state index in [9.17, 15) is 0 Å². The molecule has 1 heterocycles. The SMILES string of the molecule is CCCCN(C)C(CN)c1cnn(CCC)c1. The Morgan fingerprint density at radius 2 is 2.18 bits per heavy atom. The van der Waals surface area contributed by atoms with Crippen molar-refractivity contribution >= 4 is 0 Å². The Morgan fingerprint density at radius 1 is 1.41 bits per heavy atom. The topological polar surface area (TPSA) is 47.1 Å². The van der Waals surface area contributed by atoms with Crippen molar-refractivity contribution in [3.8, 4) is 0 Å². The normalized spacial score (nSPS) is 13.2. The van der Waals surface area contributed by atoms with Crippen LogP contribution in [0.3, 0.4) is 0 Å². The lowest BCUT2D eigenvalue weighted by Crippen LogP contribution is -2.31. The van der Waals surface area contributed by atoms with E-state index < -0.39 is 0 Å². The summed E-state index contributed by atoms with van der Waals surface area (Å²) in [5.74, 6) is 0. The van der Waals surface area contributed by atoms with E-state index in [4.69, 9.17) is 5.73 Å². The highest BCUT2D eigenvalue weighted by Gasteiger charge is 2.16. The van der Waals surface area contributed by atoms with Crippen LogP contribution in [0.25, 0.3) is 0 Å². The molecule has 2 N–H and O–H groups in total. The van der Waals surface area contributed by atoms with Crippen molar-refractivity contribution < 1.29 is 0 Å². The van der Waals surface area contributed by atoms with Crippen LogP contribution in [0.15, 0.2) is 12.4 Å². The zero-order chi connectivity index (χ0) is 12.7. The van der Waals surface area contributed by atoms with Gasteiger partial charge in [-0.1, -0.05) is 20.3 Å². The first-order valence-corrected chi connectivity index (χ1v) is 6.65. The molecule has 0 aromatic carbocycles. The number of hydrogen-bond donors (Lipinski definition) is 1. The minimum absolute atomic E-state index is 0.298. The number of hydrogen-bond acceptors (Lipinski definition) is 3. The predicted octanol–water partition coefficient (Wildman–Crippen LogP) is 2.02. The Bertz CT molecular complexity index is 308. The second kappa shape index (κ2) is 7.45. The monoisotopic (exact) mass is 238 g/mol. The zero-order valence-corrected chi connectivity index (χ0v) is 11.4. The van der Waals surface area contributed by atoms with Crippen LogP contribution < -0.4 is 5.73 Å². The summed E-state index contributed by atoms with van der Waals surface area (Å²) >= 11 is 0. The predicted molar refractivity (Wildman–Crippen MR) is 71.9 cm³/mol. The minimum Gasteiger partial charge on any atom is -0.329 e. The van der Waals surface area contributed by atoms with Gasteiger partial charge in [-0.2, -0.15) is 5.10 Å². The fourth-order valence-corrected chi connectivity index (χ4v) is 2.04. The Balaban J connectivity index is 2.64. The Hall–Kier alpha value is -0.870. The summed E-state index contributed by atoms with van der Waals surface area (Å²) in [6.45, 7) is 7.10. The summed E-state index contributed by atoms with van der Waals surface area (Å²) in [7, 11) is 2.14. The molecule has 0 aliphatic carbocycles. The van der Waals surface area contributed by atoms with Gasteiger partial charge in [0.05, 0.1) is 6.20 Å². The lowest BCUT2D eigenvalue weighted by molar-refractivity contribution is 0.246. The van der Waals surface area contributed by atoms with Crippen LogP contribution in [0.1, 0.15) is 44.7 Å². The van der Waals surface area contributed by atoms with Gasteiger partial charge in [0, 0.05) is 30.9 Å². The van der Waals surface area contributed by atoms with Crippen LogP contribution in [-0.2, 0) is 6.54 Å². The molecule has 1 unspecified atom stereocenters. The number of aryl methyl sites for hydroxylation is 1. The summed E-state index contributed by atoms with van der Waals surface area (Å²) in [4.78, 5) is 2.33. The maximum absolute atomic E-state index is 5.88. The van der Waals surface area contributed by atoms with Gasteiger partial charge in [-0.3, -0.25) is 9.58 Å². The molecule has 1 aromatic rings. The molecule has 0 bridgehead atoms. The van der Waals surface area contributed by atoms with Gasteiger partial charge in [-0.15, -0.1) is 0 Å². The van der Waals surface area contributed by atoms with E-state index in [1.165, 1.54) is 18.4 Å². The van der Waals surface area contributed by atoms with Gasteiger partial charge in [0.25, 0.3) is 0 Å². The molecule has 0 spiro atoms. The fraction of sp³-hybridized carbons (Fsp3) is 0.769. The second-order valence-corrected chi connectivity index (χ2v) is 4.62. The largest absolute Gasteiger partial charge is 0.329 e. The second-order valence-electron chi connectivity index (χ2n) is 4.62. The molecule has 1 aromatic heterocycles. The van der Waals surface area contributed by atoms with Crippen molar-refractivity contribution in [3.05, 3.63) is 18.0 Å². The molecule has 98 valence electrons. The van der Waals surface area contributed by atoms with Crippen LogP contribution in [0, 0.1) is 0 Å². The number of nitrogens with two attached hydrogens (primary N) is 1. The number of likely N-dealkylation sites (N-methyl/N-ethyl adjacent to an activating group) is 1. The van der Waals surface area contributed by atoms with Crippen molar-refractivity contribution in [3.63, 3.8) is 0 Å². The van der Waals surface area contributed by atoms with Gasteiger partial charge in [0.2, 0.25) is 0 Å². The van der Waals surface area contributed by atoms with Crippen molar-refractivity contribution in [2.75, 3.05) is 20.1 Å². The molecule has 0 saturated carbocycles. The molecule has 0 aliphatic rings. The summed E-state index contributed by atoms with van der Waals surface area (Å²) < 4.78 is 2.01. The molecular formula is C13H26N4. The first-order valence-electron chi connectivity index (χ1n) is 6.65. The van der Waals surface area contributed by atoms with Gasteiger partial charge in [-0.25, -0.2) is 0 Å². The zero-order valence-electron chi connectivity index (χ0n) is 11.4. The average Bonchev–Trinajstić information content (AvgIpc) is 2.76. The Labute approximate surface area is 105 Å². The summed E-state index contributed by atoms with van der Waals surface area (Å²) in [6.07, 6.45) is 7.63. The molecule has 0 fully saturated rings. The Morgan fingerprint density at radius 3 is 2.76 bits per heavy atom. The van der Waals surface area contributed by atoms with Crippen LogP contribution in [0.2, 0.25) is 0 Å². The van der Waals surface area contributed by atoms with E-state index in [2.05, 4.69) is 37.1 Å². The highest BCUT2D eigenvalue weighted by molar-refractivity contribution is 5.11. The molecule has 0 amide bonds. The summed E-state index contributed by atoms with van der Waals surface area (Å²) in [5.41, 5.74) is 7.12. The lowest BCUT2D eigenvalue weighted by Gasteiger charge is -2.25. The van der Waals surface area contributed by atoms with Crippen molar-refractivity contribution in [2.45, 2.75) is 45.7 Å². The van der Waals surface area contributed by atoms with E-state index in [1.807, 2.05) is 10.9 Å². The molecule has 0 aliphatic heterocycles. The number of nitrogens with zero attached hydrogens (tertiary/aromatic N) is 3. The van der Waals surface area contributed by atoms with E-state index >= 15 is 0 Å². The molecule has 4 heteroatoms. The molecule has 1 rings (SSSR count). The van der Waals surface area contributed by atoms with E-state index in [0.29, 0.717) is 12.6 Å². The van der Waals surface area contributed by atoms with Crippen LogP contribution >= 0.6 is 0 Å². The third-order valence-corrected chi connectivity index (χ3v) is 3.11. The van der Waals surface area contributed by atoms with Gasteiger partial charge in [0.1, 0.15) is 0 Å². The summed E-state index contributed by atoms with van der Waals surface area (Å²) in [6, 6.07) is 0.298. The average molecular weight is 238 g/mol. The fourth-order valence-electron chi connectivity index (χ4n) is 2.04. The minimum atomic E-state index is 0.298. The van der Waals surface area contributed by atoms with E-state index in [-0.39, 0.29) is 0 Å². The van der Waals surface area contributed by atoms with Gasteiger partial charge >= 0.3 is 0 Å². The smallest absolute Gasteiger partial charge is 0.0538 e. The maximum atomic E-state index is 5.88. The molecule has 17 heavy (non-hydrogen) atoms. The van der Waals surface area contributed by atoms with Gasteiger partial charge in [-0.05, 0) is 26.4 Å². The Kier molecular flexibility index (Phi) is 6.22. The number of aromatic nitrogens is 2. The van der Waals surface area contributed by atoms with Gasteiger partial charge in [0.15, 0.2) is 0 Å². The molecule has 0 radical (unpaired) electrons. The molecule has 0 saturated heterocycles. The highest BCUT2D eigenvalue weighted by atomic mass is 15.3. The first kappa shape index (κ1) is 14.2. The standard InChI is InChI=1S/C13H26N4/c1-4-6-8-16(3)13(9-14)12-10-15-17(11-12)7-5-2/h10-11,13H,4-9,14H2,1-3H3. The highest BCUT2D eigenvalue weighted by Crippen LogP contribution is 2.18. The van der Waals surface area contributed by atoms with Crippen molar-refractivity contribution in [1.29, 1.82) is 0 Å². The number of rotatable bonds is 8. The van der Waals surface area contributed by atoms with Crippen LogP contribution in [0.5, 0.6) is 0 Å². The third-order valence-electron chi connectivity index (χ3n) is 3.11. The first-order chi connectivity index (χ1) is 8.22. The third kappa shape index (κ3) is 4.13. The van der Waals surface area contributed by atoms with Crippen molar-refractivity contribution in [2.24, 2.45) is 5.73 Å². The quantitative estimate of drug-likeness (QED) is 0.754. The number of unbranched alkanes of at least 4 members (excludes halogenated alkanes) is 1. The molecule has 1 atom stereocenters.